The third-order valence-electron chi connectivity index (χ3n) is 1.55. The van der Waals surface area contributed by atoms with Crippen LogP contribution in [0.25, 0.3) is 0 Å². The number of aliphatic imine (C=N–C) groups is 1. The van der Waals surface area contributed by atoms with Crippen LogP contribution < -0.4 is 5.32 Å². The standard InChI is InChI=1S/C9H6BrF2N3S/c1-16-9(14-4-13)15-8-6(10)2-5(11)3-7(8)12/h2-3H,1H3,(H,14,15). The maximum absolute atomic E-state index is 13.4. The molecule has 84 valence electrons. The summed E-state index contributed by atoms with van der Waals surface area (Å²) in [7, 11) is 0. The molecule has 0 heterocycles. The van der Waals surface area contributed by atoms with Gasteiger partial charge in [0.1, 0.15) is 11.5 Å². The second-order valence-corrected chi connectivity index (χ2v) is 4.23. The molecule has 7 heteroatoms. The van der Waals surface area contributed by atoms with Gasteiger partial charge in [-0.3, -0.25) is 5.32 Å². The van der Waals surface area contributed by atoms with Crippen molar-refractivity contribution >= 4 is 38.5 Å². The van der Waals surface area contributed by atoms with Crippen molar-refractivity contribution in [3.63, 3.8) is 0 Å². The maximum Gasteiger partial charge on any atom is 0.183 e. The molecule has 0 aliphatic heterocycles. The van der Waals surface area contributed by atoms with E-state index < -0.39 is 11.6 Å². The lowest BCUT2D eigenvalue weighted by atomic mass is 10.3. The number of thioether (sulfide) groups is 1. The molecule has 0 aliphatic rings. The Morgan fingerprint density at radius 2 is 2.25 bits per heavy atom. The number of nitrogens with one attached hydrogen (secondary N) is 1. The number of halogens is 3. The van der Waals surface area contributed by atoms with Gasteiger partial charge >= 0.3 is 0 Å². The van der Waals surface area contributed by atoms with E-state index >= 15 is 0 Å². The molecular formula is C9H6BrF2N3S. The third-order valence-corrected chi connectivity index (χ3v) is 2.74. The van der Waals surface area contributed by atoms with Crippen LogP contribution in [0.2, 0.25) is 0 Å². The molecule has 1 aromatic carbocycles. The van der Waals surface area contributed by atoms with Crippen molar-refractivity contribution in [3.8, 4) is 6.19 Å². The minimum Gasteiger partial charge on any atom is -0.271 e. The molecular weight excluding hydrogens is 300 g/mol. The van der Waals surface area contributed by atoms with Gasteiger partial charge in [0, 0.05) is 10.5 Å². The fourth-order valence-electron chi connectivity index (χ4n) is 0.915. The van der Waals surface area contributed by atoms with Crippen LogP contribution in [0, 0.1) is 23.1 Å². The zero-order chi connectivity index (χ0) is 12.1. The summed E-state index contributed by atoms with van der Waals surface area (Å²) in [6.45, 7) is 0. The van der Waals surface area contributed by atoms with Crippen molar-refractivity contribution in [2.24, 2.45) is 4.99 Å². The van der Waals surface area contributed by atoms with Crippen molar-refractivity contribution in [3.05, 3.63) is 28.2 Å². The monoisotopic (exact) mass is 305 g/mol. The number of nitrogens with zero attached hydrogens (tertiary/aromatic N) is 2. The van der Waals surface area contributed by atoms with E-state index in [4.69, 9.17) is 5.26 Å². The molecule has 0 bridgehead atoms. The van der Waals surface area contributed by atoms with E-state index in [0.29, 0.717) is 0 Å². The molecule has 0 spiro atoms. The first-order chi connectivity index (χ1) is 7.58. The molecule has 0 fully saturated rings. The summed E-state index contributed by atoms with van der Waals surface area (Å²) in [4.78, 5) is 3.86. The van der Waals surface area contributed by atoms with Crippen molar-refractivity contribution in [1.82, 2.24) is 5.32 Å². The Kier molecular flexibility index (Phi) is 4.71. The Morgan fingerprint density at radius 1 is 1.56 bits per heavy atom. The van der Waals surface area contributed by atoms with Gasteiger partial charge in [0.25, 0.3) is 0 Å². The van der Waals surface area contributed by atoms with Crippen LogP contribution in [0.5, 0.6) is 0 Å². The summed E-state index contributed by atoms with van der Waals surface area (Å²) in [6.07, 6.45) is 3.35. The highest BCUT2D eigenvalue weighted by Crippen LogP contribution is 2.30. The molecule has 0 saturated carbocycles. The topological polar surface area (TPSA) is 48.2 Å². The third kappa shape index (κ3) is 3.18. The molecule has 0 aromatic heterocycles. The van der Waals surface area contributed by atoms with Crippen molar-refractivity contribution in [1.29, 1.82) is 5.26 Å². The second kappa shape index (κ2) is 5.82. The van der Waals surface area contributed by atoms with E-state index in [2.05, 4.69) is 26.2 Å². The van der Waals surface area contributed by atoms with Crippen LogP contribution in [-0.2, 0) is 0 Å². The van der Waals surface area contributed by atoms with Gasteiger partial charge in [-0.15, -0.1) is 0 Å². The Morgan fingerprint density at radius 3 is 2.75 bits per heavy atom. The Labute approximate surface area is 104 Å². The van der Waals surface area contributed by atoms with E-state index in [0.717, 1.165) is 23.9 Å². The van der Waals surface area contributed by atoms with Gasteiger partial charge in [-0.05, 0) is 28.3 Å². The number of hydrogen-bond acceptors (Lipinski definition) is 3. The molecule has 0 unspecified atom stereocenters. The predicted octanol–water partition coefficient (Wildman–Crippen LogP) is 3.15. The van der Waals surface area contributed by atoms with Gasteiger partial charge in [-0.25, -0.2) is 13.8 Å². The summed E-state index contributed by atoms with van der Waals surface area (Å²) in [6, 6.07) is 1.83. The van der Waals surface area contributed by atoms with Gasteiger partial charge in [0.05, 0.1) is 0 Å². The highest BCUT2D eigenvalue weighted by molar-refractivity contribution is 9.10. The molecule has 0 saturated heterocycles. The van der Waals surface area contributed by atoms with Gasteiger partial charge in [0.2, 0.25) is 0 Å². The molecule has 1 rings (SSSR count). The zero-order valence-corrected chi connectivity index (χ0v) is 10.5. The minimum absolute atomic E-state index is 0.0477. The van der Waals surface area contributed by atoms with Gasteiger partial charge in [-0.1, -0.05) is 11.8 Å². The zero-order valence-electron chi connectivity index (χ0n) is 8.09. The largest absolute Gasteiger partial charge is 0.271 e. The Balaban J connectivity index is 3.19. The van der Waals surface area contributed by atoms with Crippen molar-refractivity contribution in [2.75, 3.05) is 6.26 Å². The normalized spacial score (nSPS) is 11.1. The fraction of sp³-hybridized carbons (Fsp3) is 0.111. The van der Waals surface area contributed by atoms with E-state index in [9.17, 15) is 8.78 Å². The van der Waals surface area contributed by atoms with E-state index in [1.165, 1.54) is 0 Å². The van der Waals surface area contributed by atoms with Crippen LogP contribution in [0.1, 0.15) is 0 Å². The maximum atomic E-state index is 13.4. The first-order valence-corrected chi connectivity index (χ1v) is 6.02. The van der Waals surface area contributed by atoms with E-state index in [1.54, 1.807) is 12.4 Å². The van der Waals surface area contributed by atoms with Crippen molar-refractivity contribution < 1.29 is 8.78 Å². The van der Waals surface area contributed by atoms with Crippen LogP contribution in [-0.4, -0.2) is 11.4 Å². The Bertz CT molecular complexity index is 447. The summed E-state index contributed by atoms with van der Waals surface area (Å²) in [5.41, 5.74) is -0.0477. The van der Waals surface area contributed by atoms with Crippen LogP contribution in [0.15, 0.2) is 21.6 Å². The fourth-order valence-corrected chi connectivity index (χ4v) is 1.74. The minimum atomic E-state index is -0.793. The Hall–Kier alpha value is -1.13. The van der Waals surface area contributed by atoms with Crippen molar-refractivity contribution in [2.45, 2.75) is 0 Å². The molecule has 0 amide bonds. The highest BCUT2D eigenvalue weighted by Gasteiger charge is 2.09. The summed E-state index contributed by atoms with van der Waals surface area (Å²) < 4.78 is 26.3. The smallest absolute Gasteiger partial charge is 0.183 e. The summed E-state index contributed by atoms with van der Waals surface area (Å²) in [5, 5.41) is 10.9. The first-order valence-electron chi connectivity index (χ1n) is 4.00. The lowest BCUT2D eigenvalue weighted by molar-refractivity contribution is 0.583. The number of amidine groups is 1. The number of benzene rings is 1. The molecule has 0 atom stereocenters. The average molecular weight is 306 g/mol. The van der Waals surface area contributed by atoms with E-state index in [-0.39, 0.29) is 15.3 Å². The van der Waals surface area contributed by atoms with Crippen LogP contribution >= 0.6 is 27.7 Å². The number of nitriles is 1. The molecule has 1 N–H and O–H groups in total. The number of hydrogen-bond donors (Lipinski definition) is 1. The second-order valence-electron chi connectivity index (χ2n) is 2.58. The lowest BCUT2D eigenvalue weighted by Crippen LogP contribution is -2.12. The lowest BCUT2D eigenvalue weighted by Gasteiger charge is -2.03. The SMILES string of the molecule is CSC(=Nc1c(F)cc(F)cc1Br)NC#N. The summed E-state index contributed by atoms with van der Waals surface area (Å²) in [5.74, 6) is -1.49. The van der Waals surface area contributed by atoms with Crippen LogP contribution in [0.3, 0.4) is 0 Å². The average Bonchev–Trinajstić information content (AvgIpc) is 2.21. The molecule has 1 aromatic rings. The van der Waals surface area contributed by atoms with E-state index in [1.807, 2.05) is 0 Å². The van der Waals surface area contributed by atoms with Gasteiger partial charge in [0.15, 0.2) is 17.2 Å². The highest BCUT2D eigenvalue weighted by atomic mass is 79.9. The first kappa shape index (κ1) is 12.9. The quantitative estimate of drug-likeness (QED) is 0.375. The van der Waals surface area contributed by atoms with Gasteiger partial charge < -0.3 is 0 Å². The molecule has 16 heavy (non-hydrogen) atoms. The molecule has 0 aliphatic carbocycles. The number of rotatable bonds is 1. The summed E-state index contributed by atoms with van der Waals surface area (Å²) >= 11 is 4.15. The predicted molar refractivity (Wildman–Crippen MR) is 63.4 cm³/mol. The molecule has 3 nitrogen and oxygen atoms in total. The van der Waals surface area contributed by atoms with Gasteiger partial charge in [-0.2, -0.15) is 5.26 Å². The molecule has 0 radical (unpaired) electrons. The van der Waals surface area contributed by atoms with Crippen LogP contribution in [0.4, 0.5) is 14.5 Å².